The molecule has 8 nitrogen and oxygen atoms in total. The molecule has 1 atom stereocenters. The van der Waals surface area contributed by atoms with E-state index in [0.717, 1.165) is 18.4 Å². The summed E-state index contributed by atoms with van der Waals surface area (Å²) in [5.41, 5.74) is -0.339. The first kappa shape index (κ1) is 19.6. The predicted molar refractivity (Wildman–Crippen MR) is 105 cm³/mol. The quantitative estimate of drug-likeness (QED) is 0.761. The molecule has 1 aliphatic carbocycles. The Labute approximate surface area is 167 Å². The summed E-state index contributed by atoms with van der Waals surface area (Å²) in [5.74, 6) is -0.742. The number of ether oxygens (including phenoxy) is 2. The minimum atomic E-state index is -0.703. The van der Waals surface area contributed by atoms with E-state index in [4.69, 9.17) is 9.47 Å². The summed E-state index contributed by atoms with van der Waals surface area (Å²) >= 11 is 0. The topological polar surface area (TPSA) is 104 Å². The van der Waals surface area contributed by atoms with E-state index in [-0.39, 0.29) is 18.6 Å². The molecule has 0 spiro atoms. The van der Waals surface area contributed by atoms with Gasteiger partial charge in [-0.3, -0.25) is 14.6 Å². The average Bonchev–Trinajstić information content (AvgIpc) is 3.42. The third-order valence-electron chi connectivity index (χ3n) is 5.52. The van der Waals surface area contributed by atoms with Crippen molar-refractivity contribution in [3.8, 4) is 0 Å². The smallest absolute Gasteiger partial charge is 0.325 e. The Bertz CT molecular complexity index is 1010. The Kier molecular flexibility index (Phi) is 4.92. The molecule has 1 saturated carbocycles. The minimum Gasteiger partial charge on any atom is -0.348 e. The van der Waals surface area contributed by atoms with Crippen molar-refractivity contribution in [2.75, 3.05) is 13.2 Å². The van der Waals surface area contributed by atoms with Gasteiger partial charge in [0, 0.05) is 12.7 Å². The lowest BCUT2D eigenvalue weighted by atomic mass is 9.94. The summed E-state index contributed by atoms with van der Waals surface area (Å²) < 4.78 is 11.5. The fourth-order valence-electron chi connectivity index (χ4n) is 3.89. The number of aromatic amines is 2. The summed E-state index contributed by atoms with van der Waals surface area (Å²) in [6.45, 7) is 4.42. The van der Waals surface area contributed by atoms with Gasteiger partial charge in [-0.15, -0.1) is 0 Å². The molecular formula is C21H25N3O5. The van der Waals surface area contributed by atoms with Crippen molar-refractivity contribution in [1.29, 1.82) is 0 Å². The van der Waals surface area contributed by atoms with Crippen LogP contribution >= 0.6 is 0 Å². The zero-order valence-electron chi connectivity index (χ0n) is 16.6. The van der Waals surface area contributed by atoms with Crippen LogP contribution in [0.2, 0.25) is 0 Å². The van der Waals surface area contributed by atoms with Crippen LogP contribution in [0.25, 0.3) is 0 Å². The van der Waals surface area contributed by atoms with Gasteiger partial charge in [-0.1, -0.05) is 30.3 Å². The molecule has 0 bridgehead atoms. The summed E-state index contributed by atoms with van der Waals surface area (Å²) in [4.78, 5) is 43.5. The van der Waals surface area contributed by atoms with Crippen molar-refractivity contribution < 1.29 is 14.3 Å². The van der Waals surface area contributed by atoms with Gasteiger partial charge < -0.3 is 19.4 Å². The molecule has 1 aromatic carbocycles. The van der Waals surface area contributed by atoms with Crippen LogP contribution in [-0.4, -0.2) is 45.8 Å². The van der Waals surface area contributed by atoms with E-state index in [1.165, 1.54) is 6.20 Å². The molecule has 1 unspecified atom stereocenters. The lowest BCUT2D eigenvalue weighted by Crippen LogP contribution is -2.45. The Morgan fingerprint density at radius 3 is 2.52 bits per heavy atom. The highest BCUT2D eigenvalue weighted by atomic mass is 16.7. The first-order chi connectivity index (χ1) is 13.8. The van der Waals surface area contributed by atoms with Crippen molar-refractivity contribution in [1.82, 2.24) is 14.9 Å². The summed E-state index contributed by atoms with van der Waals surface area (Å²) in [6, 6.07) is 9.71. The summed E-state index contributed by atoms with van der Waals surface area (Å²) in [5, 5.41) is 0. The van der Waals surface area contributed by atoms with Gasteiger partial charge in [-0.05, 0) is 32.3 Å². The van der Waals surface area contributed by atoms with Gasteiger partial charge in [0.15, 0.2) is 5.79 Å². The van der Waals surface area contributed by atoms with Crippen LogP contribution in [0.1, 0.15) is 37.8 Å². The zero-order chi connectivity index (χ0) is 20.6. The summed E-state index contributed by atoms with van der Waals surface area (Å²) in [6.07, 6.45) is 2.60. The van der Waals surface area contributed by atoms with Gasteiger partial charge in [0.2, 0.25) is 5.91 Å². The van der Waals surface area contributed by atoms with E-state index in [0.29, 0.717) is 18.7 Å². The molecular weight excluding hydrogens is 374 g/mol. The Morgan fingerprint density at radius 2 is 1.93 bits per heavy atom. The molecule has 2 aliphatic rings. The van der Waals surface area contributed by atoms with Gasteiger partial charge >= 0.3 is 5.69 Å². The first-order valence-electron chi connectivity index (χ1n) is 9.77. The van der Waals surface area contributed by atoms with E-state index in [2.05, 4.69) is 9.97 Å². The first-order valence-corrected chi connectivity index (χ1v) is 9.77. The van der Waals surface area contributed by atoms with Gasteiger partial charge in [-0.2, -0.15) is 0 Å². The van der Waals surface area contributed by atoms with E-state index in [9.17, 15) is 14.4 Å². The predicted octanol–water partition coefficient (Wildman–Crippen LogP) is 1.28. The molecule has 2 heterocycles. The van der Waals surface area contributed by atoms with Crippen LogP contribution in [0.3, 0.4) is 0 Å². The maximum atomic E-state index is 13.6. The molecule has 2 aromatic rings. The number of rotatable bonds is 6. The van der Waals surface area contributed by atoms with Gasteiger partial charge in [0.1, 0.15) is 6.10 Å². The molecule has 0 radical (unpaired) electrons. The Balaban J connectivity index is 1.62. The number of benzene rings is 1. The summed E-state index contributed by atoms with van der Waals surface area (Å²) in [7, 11) is 0. The molecule has 1 amide bonds. The average molecular weight is 399 g/mol. The van der Waals surface area contributed by atoms with Gasteiger partial charge in [0.05, 0.1) is 24.1 Å². The van der Waals surface area contributed by atoms with Crippen molar-refractivity contribution >= 4 is 5.91 Å². The van der Waals surface area contributed by atoms with Crippen LogP contribution in [0.15, 0.2) is 46.1 Å². The number of carbonyl (C=O) groups is 1. The number of H-pyrrole nitrogens is 2. The van der Waals surface area contributed by atoms with Crippen LogP contribution in [0, 0.1) is 0 Å². The van der Waals surface area contributed by atoms with E-state index in [1.807, 2.05) is 44.2 Å². The largest absolute Gasteiger partial charge is 0.348 e. The molecule has 2 N–H and O–H groups in total. The van der Waals surface area contributed by atoms with E-state index >= 15 is 0 Å². The maximum absolute atomic E-state index is 13.6. The van der Waals surface area contributed by atoms with Crippen LogP contribution in [-0.2, 0) is 26.2 Å². The second kappa shape index (κ2) is 7.27. The molecule has 154 valence electrons. The fraction of sp³-hybridized carbons (Fsp3) is 0.476. The van der Waals surface area contributed by atoms with Crippen molar-refractivity contribution in [2.45, 2.75) is 50.5 Å². The lowest BCUT2D eigenvalue weighted by Gasteiger charge is -2.29. The van der Waals surface area contributed by atoms with E-state index < -0.39 is 22.5 Å². The number of hydrogen-bond donors (Lipinski definition) is 2. The van der Waals surface area contributed by atoms with Crippen molar-refractivity contribution in [2.24, 2.45) is 0 Å². The normalized spacial score (nSPS) is 21.7. The molecule has 29 heavy (non-hydrogen) atoms. The number of nitrogens with one attached hydrogen (secondary N) is 2. The molecule has 2 fully saturated rings. The Hall–Kier alpha value is -2.71. The van der Waals surface area contributed by atoms with Crippen LogP contribution in [0.5, 0.6) is 0 Å². The molecule has 1 aliphatic heterocycles. The molecule has 4 rings (SSSR count). The van der Waals surface area contributed by atoms with E-state index in [1.54, 1.807) is 4.90 Å². The van der Waals surface area contributed by atoms with Crippen molar-refractivity contribution in [3.05, 3.63) is 68.5 Å². The second-order valence-electron chi connectivity index (χ2n) is 8.18. The highest BCUT2D eigenvalue weighted by Gasteiger charge is 2.53. The number of amides is 1. The number of aromatic nitrogens is 2. The minimum absolute atomic E-state index is 0.0393. The third kappa shape index (κ3) is 4.04. The number of hydrogen-bond acceptors (Lipinski definition) is 5. The number of carbonyl (C=O) groups excluding carboxylic acids is 1. The number of nitrogens with zero attached hydrogens (tertiary/aromatic N) is 1. The lowest BCUT2D eigenvalue weighted by molar-refractivity contribution is -0.148. The monoisotopic (exact) mass is 399 g/mol. The molecule has 1 saturated heterocycles. The maximum Gasteiger partial charge on any atom is 0.325 e. The second-order valence-corrected chi connectivity index (χ2v) is 8.18. The Morgan fingerprint density at radius 1 is 1.21 bits per heavy atom. The third-order valence-corrected chi connectivity index (χ3v) is 5.52. The zero-order valence-corrected chi connectivity index (χ0v) is 16.6. The highest BCUT2D eigenvalue weighted by Crippen LogP contribution is 2.49. The fourth-order valence-corrected chi connectivity index (χ4v) is 3.89. The van der Waals surface area contributed by atoms with Gasteiger partial charge in [0.25, 0.3) is 5.56 Å². The molecule has 1 aromatic heterocycles. The standard InChI is InChI=1S/C21H25N3O5/c1-20(2)28-13-16(29-20)12-24(11-14-10-22-19(27)23-17(14)25)18(26)21(8-9-21)15-6-4-3-5-7-15/h3-7,10,16H,8-9,11-13H2,1-2H3,(H2,22,23,25,27). The van der Waals surface area contributed by atoms with Crippen molar-refractivity contribution in [3.63, 3.8) is 0 Å². The highest BCUT2D eigenvalue weighted by molar-refractivity contribution is 5.91. The van der Waals surface area contributed by atoms with Gasteiger partial charge in [-0.25, -0.2) is 4.79 Å². The van der Waals surface area contributed by atoms with Crippen LogP contribution in [0.4, 0.5) is 0 Å². The van der Waals surface area contributed by atoms with Crippen LogP contribution < -0.4 is 11.2 Å². The SMILES string of the molecule is CC1(C)OCC(CN(Cc2c[nH]c(=O)[nH]c2=O)C(=O)C2(c3ccccc3)CC2)O1. The molecule has 8 heteroatoms.